The molecule has 0 spiro atoms. The molecule has 0 aromatic rings. The summed E-state index contributed by atoms with van der Waals surface area (Å²) >= 11 is 0. The average molecular weight is 171 g/mol. The second-order valence-electron chi connectivity index (χ2n) is 3.25. The summed E-state index contributed by atoms with van der Waals surface area (Å²) in [5, 5.41) is 3.21. The van der Waals surface area contributed by atoms with Crippen molar-refractivity contribution in [3.05, 3.63) is 11.4 Å². The van der Waals surface area contributed by atoms with Gasteiger partial charge >= 0.3 is 0 Å². The molecule has 0 radical (unpaired) electrons. The Morgan fingerprint density at radius 1 is 1.50 bits per heavy atom. The van der Waals surface area contributed by atoms with E-state index in [1.54, 1.807) is 0 Å². The normalized spacial score (nSPS) is 15.8. The number of rotatable bonds is 4. The Kier molecular flexibility index (Phi) is 4.74. The number of nitrogens with zero attached hydrogens (tertiary/aromatic N) is 1. The van der Waals surface area contributed by atoms with E-state index in [0.717, 1.165) is 17.9 Å². The van der Waals surface area contributed by atoms with Crippen molar-refractivity contribution in [2.24, 2.45) is 5.73 Å². The van der Waals surface area contributed by atoms with Gasteiger partial charge in [-0.2, -0.15) is 0 Å². The third-order valence-corrected chi connectivity index (χ3v) is 2.10. The molecule has 0 amide bonds. The number of allylic oxidation sites excluding steroid dienone is 1. The van der Waals surface area contributed by atoms with Crippen molar-refractivity contribution in [3.8, 4) is 0 Å². The second-order valence-corrected chi connectivity index (χ2v) is 3.25. The monoisotopic (exact) mass is 171 g/mol. The lowest BCUT2D eigenvalue weighted by molar-refractivity contribution is 0.345. The first kappa shape index (κ1) is 11.3. The highest BCUT2D eigenvalue weighted by molar-refractivity contribution is 5.12. The van der Waals surface area contributed by atoms with Crippen LogP contribution < -0.4 is 11.1 Å². The molecular formula is C9H21N3. The molecule has 3 N–H and O–H groups in total. The number of hydrogen-bond donors (Lipinski definition) is 2. The maximum atomic E-state index is 5.92. The van der Waals surface area contributed by atoms with Gasteiger partial charge in [-0.05, 0) is 34.9 Å². The molecule has 0 aromatic carbocycles. The molecule has 72 valence electrons. The van der Waals surface area contributed by atoms with Crippen molar-refractivity contribution in [1.29, 1.82) is 0 Å². The first-order valence-corrected chi connectivity index (χ1v) is 4.37. The van der Waals surface area contributed by atoms with E-state index in [9.17, 15) is 0 Å². The summed E-state index contributed by atoms with van der Waals surface area (Å²) in [6, 6.07) is 0.295. The molecule has 12 heavy (non-hydrogen) atoms. The van der Waals surface area contributed by atoms with E-state index in [0.29, 0.717) is 6.04 Å². The molecule has 0 aliphatic rings. The molecule has 1 atom stereocenters. The third kappa shape index (κ3) is 3.13. The molecule has 0 aromatic heterocycles. The van der Waals surface area contributed by atoms with Crippen LogP contribution in [0, 0.1) is 0 Å². The lowest BCUT2D eigenvalue weighted by atomic mass is 10.2. The van der Waals surface area contributed by atoms with Crippen LogP contribution in [0.5, 0.6) is 0 Å². The fraction of sp³-hybridized carbons (Fsp3) is 0.778. The molecule has 0 saturated heterocycles. The average Bonchev–Trinajstić information content (AvgIpc) is 2.02. The van der Waals surface area contributed by atoms with Crippen molar-refractivity contribution in [2.75, 3.05) is 20.6 Å². The standard InChI is InChI=1S/C9H21N3/c1-6-11-7(2)9(10)8(3)12(4)5/h8,11H,6,10H2,1-5H3/b9-7+. The Bertz CT molecular complexity index is 161. The molecule has 0 aliphatic carbocycles. The first-order chi connectivity index (χ1) is 5.50. The minimum absolute atomic E-state index is 0.295. The molecule has 0 heterocycles. The van der Waals surface area contributed by atoms with E-state index in [2.05, 4.69) is 24.1 Å². The van der Waals surface area contributed by atoms with E-state index in [1.807, 2.05) is 21.0 Å². The third-order valence-electron chi connectivity index (χ3n) is 2.10. The zero-order chi connectivity index (χ0) is 9.72. The molecule has 1 unspecified atom stereocenters. The van der Waals surface area contributed by atoms with E-state index < -0.39 is 0 Å². The highest BCUT2D eigenvalue weighted by atomic mass is 15.1. The smallest absolute Gasteiger partial charge is 0.0476 e. The molecule has 0 saturated carbocycles. The van der Waals surface area contributed by atoms with Gasteiger partial charge in [-0.15, -0.1) is 0 Å². The number of nitrogens with one attached hydrogen (secondary N) is 1. The van der Waals surface area contributed by atoms with Crippen molar-refractivity contribution < 1.29 is 0 Å². The lowest BCUT2D eigenvalue weighted by Gasteiger charge is -2.22. The van der Waals surface area contributed by atoms with Crippen molar-refractivity contribution >= 4 is 0 Å². The van der Waals surface area contributed by atoms with Crippen LogP contribution in [0.2, 0.25) is 0 Å². The summed E-state index contributed by atoms with van der Waals surface area (Å²) in [6.07, 6.45) is 0. The van der Waals surface area contributed by atoms with Crippen LogP contribution in [-0.4, -0.2) is 31.6 Å². The van der Waals surface area contributed by atoms with Gasteiger partial charge in [0.05, 0.1) is 0 Å². The van der Waals surface area contributed by atoms with Gasteiger partial charge in [-0.25, -0.2) is 0 Å². The largest absolute Gasteiger partial charge is 0.399 e. The Morgan fingerprint density at radius 2 is 2.00 bits per heavy atom. The predicted octanol–water partition coefficient (Wildman–Crippen LogP) is 0.736. The number of hydrogen-bond acceptors (Lipinski definition) is 3. The maximum Gasteiger partial charge on any atom is 0.0476 e. The van der Waals surface area contributed by atoms with Crippen LogP contribution >= 0.6 is 0 Å². The quantitative estimate of drug-likeness (QED) is 0.655. The SMILES string of the molecule is CCN/C(C)=C(/N)C(C)N(C)C. The summed E-state index contributed by atoms with van der Waals surface area (Å²) in [5.41, 5.74) is 7.92. The highest BCUT2D eigenvalue weighted by Crippen LogP contribution is 2.04. The van der Waals surface area contributed by atoms with Crippen LogP contribution in [-0.2, 0) is 0 Å². The number of nitrogens with two attached hydrogens (primary N) is 1. The number of likely N-dealkylation sites (N-methyl/N-ethyl adjacent to an activating group) is 1. The van der Waals surface area contributed by atoms with Gasteiger partial charge in [0.25, 0.3) is 0 Å². The van der Waals surface area contributed by atoms with Crippen molar-refractivity contribution in [3.63, 3.8) is 0 Å². The summed E-state index contributed by atoms with van der Waals surface area (Å²) < 4.78 is 0. The summed E-state index contributed by atoms with van der Waals surface area (Å²) in [7, 11) is 4.05. The van der Waals surface area contributed by atoms with E-state index >= 15 is 0 Å². The Morgan fingerprint density at radius 3 is 2.33 bits per heavy atom. The van der Waals surface area contributed by atoms with E-state index in [4.69, 9.17) is 5.73 Å². The van der Waals surface area contributed by atoms with Crippen molar-refractivity contribution in [1.82, 2.24) is 10.2 Å². The predicted molar refractivity (Wildman–Crippen MR) is 53.7 cm³/mol. The lowest BCUT2D eigenvalue weighted by Crippen LogP contribution is -2.33. The topological polar surface area (TPSA) is 41.3 Å². The molecule has 3 nitrogen and oxygen atoms in total. The summed E-state index contributed by atoms with van der Waals surface area (Å²) in [5.74, 6) is 0. The van der Waals surface area contributed by atoms with Crippen LogP contribution in [0.1, 0.15) is 20.8 Å². The highest BCUT2D eigenvalue weighted by Gasteiger charge is 2.09. The zero-order valence-corrected chi connectivity index (χ0v) is 8.81. The second kappa shape index (κ2) is 5.04. The van der Waals surface area contributed by atoms with Crippen molar-refractivity contribution in [2.45, 2.75) is 26.8 Å². The zero-order valence-electron chi connectivity index (χ0n) is 8.81. The fourth-order valence-corrected chi connectivity index (χ4v) is 0.959. The Hall–Kier alpha value is -0.700. The van der Waals surface area contributed by atoms with Gasteiger partial charge in [0.2, 0.25) is 0 Å². The minimum Gasteiger partial charge on any atom is -0.399 e. The molecule has 0 fully saturated rings. The molecule has 0 bridgehead atoms. The molecule has 0 aliphatic heterocycles. The molecule has 3 heteroatoms. The fourth-order valence-electron chi connectivity index (χ4n) is 0.959. The summed E-state index contributed by atoms with van der Waals surface area (Å²) in [6.45, 7) is 7.10. The van der Waals surface area contributed by atoms with Crippen LogP contribution in [0.4, 0.5) is 0 Å². The molecular weight excluding hydrogens is 150 g/mol. The Balaban J connectivity index is 4.32. The Labute approximate surface area is 75.6 Å². The van der Waals surface area contributed by atoms with E-state index in [1.165, 1.54) is 0 Å². The van der Waals surface area contributed by atoms with Gasteiger partial charge in [0.15, 0.2) is 0 Å². The van der Waals surface area contributed by atoms with Crippen LogP contribution in [0.25, 0.3) is 0 Å². The van der Waals surface area contributed by atoms with Crippen LogP contribution in [0.3, 0.4) is 0 Å². The van der Waals surface area contributed by atoms with Gasteiger partial charge in [-0.3, -0.25) is 0 Å². The minimum atomic E-state index is 0.295. The van der Waals surface area contributed by atoms with Gasteiger partial charge in [-0.1, -0.05) is 0 Å². The first-order valence-electron chi connectivity index (χ1n) is 4.37. The maximum absolute atomic E-state index is 5.92. The van der Waals surface area contributed by atoms with Gasteiger partial charge in [0.1, 0.15) is 0 Å². The van der Waals surface area contributed by atoms with Crippen LogP contribution in [0.15, 0.2) is 11.4 Å². The molecule has 0 rings (SSSR count). The van der Waals surface area contributed by atoms with Gasteiger partial charge in [0, 0.05) is 24.0 Å². The summed E-state index contributed by atoms with van der Waals surface area (Å²) in [4.78, 5) is 2.09. The van der Waals surface area contributed by atoms with E-state index in [-0.39, 0.29) is 0 Å². The van der Waals surface area contributed by atoms with Gasteiger partial charge < -0.3 is 16.0 Å².